The zero-order chi connectivity index (χ0) is 23.8. The summed E-state index contributed by atoms with van der Waals surface area (Å²) in [5.41, 5.74) is 7.53. The molecular weight excluding hydrogens is 428 g/mol. The van der Waals surface area contributed by atoms with Crippen LogP contribution in [0.15, 0.2) is 85.2 Å². The highest BCUT2D eigenvalue weighted by atomic mass is 16.5. The molecule has 0 aliphatic carbocycles. The highest BCUT2D eigenvalue weighted by molar-refractivity contribution is 5.90. The number of esters is 2. The maximum atomic E-state index is 11.7. The minimum atomic E-state index is -0.342. The van der Waals surface area contributed by atoms with Crippen LogP contribution in [-0.4, -0.2) is 26.2 Å². The lowest BCUT2D eigenvalue weighted by Crippen LogP contribution is -2.50. The highest BCUT2D eigenvalue weighted by Gasteiger charge is 2.41. The molecule has 0 N–H and O–H groups in total. The van der Waals surface area contributed by atoms with Gasteiger partial charge in [-0.3, -0.25) is 0 Å². The van der Waals surface area contributed by atoms with Crippen molar-refractivity contribution in [3.63, 3.8) is 0 Å². The number of benzene rings is 2. The monoisotopic (exact) mass is 452 g/mol. The normalized spacial score (nSPS) is 12.1. The molecule has 0 spiro atoms. The van der Waals surface area contributed by atoms with Crippen LogP contribution in [0.1, 0.15) is 33.8 Å². The van der Waals surface area contributed by atoms with Crippen molar-refractivity contribution in [3.8, 4) is 33.6 Å². The van der Waals surface area contributed by atoms with Gasteiger partial charge < -0.3 is 9.47 Å². The number of ether oxygens (including phenoxy) is 2. The van der Waals surface area contributed by atoms with E-state index in [1.54, 1.807) is 24.3 Å². The molecule has 168 valence electrons. The second-order valence-corrected chi connectivity index (χ2v) is 8.19. The molecule has 6 nitrogen and oxygen atoms in total. The molecule has 0 radical (unpaired) electrons. The predicted octanol–water partition coefficient (Wildman–Crippen LogP) is 4.22. The molecule has 34 heavy (non-hydrogen) atoms. The standard InChI is InChI=1S/C28H24N2O4/c1-18-29-16-23(19-4-8-21(9-5-19)27(31)33-2)12-14-25(29)26-15-13-24(17-30(18)26)20-6-10-22(11-7-20)28(32)34-3/h4-18H,1-3H3/q+2. The highest BCUT2D eigenvalue weighted by Crippen LogP contribution is 2.27. The third-order valence-electron chi connectivity index (χ3n) is 6.30. The van der Waals surface area contributed by atoms with Gasteiger partial charge in [0.25, 0.3) is 11.4 Å². The van der Waals surface area contributed by atoms with Gasteiger partial charge in [0.2, 0.25) is 0 Å². The summed E-state index contributed by atoms with van der Waals surface area (Å²) in [4.78, 5) is 23.4. The predicted molar refractivity (Wildman–Crippen MR) is 126 cm³/mol. The maximum absolute atomic E-state index is 11.7. The molecule has 6 heteroatoms. The fraction of sp³-hybridized carbons (Fsp3) is 0.143. The first kappa shape index (κ1) is 21.5. The Morgan fingerprint density at radius 2 is 0.941 bits per heavy atom. The van der Waals surface area contributed by atoms with Crippen LogP contribution < -0.4 is 9.13 Å². The molecule has 1 aliphatic heterocycles. The summed E-state index contributed by atoms with van der Waals surface area (Å²) in [6.07, 6.45) is 4.38. The molecule has 2 aromatic heterocycles. The zero-order valence-corrected chi connectivity index (χ0v) is 19.2. The van der Waals surface area contributed by atoms with Crippen molar-refractivity contribution in [3.05, 3.63) is 96.3 Å². The number of methoxy groups -OCH3 is 2. The van der Waals surface area contributed by atoms with Crippen LogP contribution in [0.25, 0.3) is 33.6 Å². The average molecular weight is 453 g/mol. The minimum absolute atomic E-state index is 0.0913. The zero-order valence-electron chi connectivity index (χ0n) is 19.2. The molecule has 0 atom stereocenters. The quantitative estimate of drug-likeness (QED) is 0.344. The topological polar surface area (TPSA) is 60.4 Å². The van der Waals surface area contributed by atoms with Crippen LogP contribution in [0, 0.1) is 0 Å². The molecule has 2 aromatic carbocycles. The van der Waals surface area contributed by atoms with Crippen LogP contribution in [0.3, 0.4) is 0 Å². The van der Waals surface area contributed by atoms with Crippen molar-refractivity contribution >= 4 is 11.9 Å². The van der Waals surface area contributed by atoms with E-state index in [1.165, 1.54) is 14.2 Å². The van der Waals surface area contributed by atoms with Gasteiger partial charge >= 0.3 is 18.1 Å². The minimum Gasteiger partial charge on any atom is -0.465 e. The van der Waals surface area contributed by atoms with Gasteiger partial charge in [0.05, 0.1) is 32.3 Å². The molecule has 0 fully saturated rings. The SMILES string of the molecule is COC(=O)c1ccc(-c2ccc3[n+](c2)C(C)[n+]2cc(-c4ccc(C(=O)OC)cc4)ccc2-3)cc1. The lowest BCUT2D eigenvalue weighted by Gasteiger charge is -2.04. The van der Waals surface area contributed by atoms with E-state index >= 15 is 0 Å². The Morgan fingerprint density at radius 3 is 1.29 bits per heavy atom. The van der Waals surface area contributed by atoms with Crippen molar-refractivity contribution in [2.75, 3.05) is 14.2 Å². The van der Waals surface area contributed by atoms with Crippen LogP contribution in [0.5, 0.6) is 0 Å². The Kier molecular flexibility index (Phi) is 5.42. The molecule has 0 saturated heterocycles. The van der Waals surface area contributed by atoms with E-state index in [0.29, 0.717) is 11.1 Å². The van der Waals surface area contributed by atoms with Gasteiger partial charge in [-0.1, -0.05) is 24.3 Å². The summed E-state index contributed by atoms with van der Waals surface area (Å²) in [6, 6.07) is 23.3. The van der Waals surface area contributed by atoms with Crippen LogP contribution in [0.2, 0.25) is 0 Å². The smallest absolute Gasteiger partial charge is 0.350 e. The van der Waals surface area contributed by atoms with Gasteiger partial charge in [-0.2, -0.15) is 0 Å². The first-order valence-corrected chi connectivity index (χ1v) is 11.0. The Hall–Kier alpha value is -4.32. The number of carbonyl (C=O) groups is 2. The van der Waals surface area contributed by atoms with Crippen molar-refractivity contribution < 1.29 is 28.2 Å². The van der Waals surface area contributed by atoms with E-state index < -0.39 is 0 Å². The summed E-state index contributed by atoms with van der Waals surface area (Å²) >= 11 is 0. The number of nitrogens with zero attached hydrogens (tertiary/aromatic N) is 2. The summed E-state index contributed by atoms with van der Waals surface area (Å²) in [6.45, 7) is 2.16. The van der Waals surface area contributed by atoms with Gasteiger partial charge in [-0.25, -0.2) is 9.59 Å². The number of hydrogen-bond acceptors (Lipinski definition) is 4. The van der Waals surface area contributed by atoms with Gasteiger partial charge in [0, 0.05) is 23.3 Å². The Balaban J connectivity index is 1.45. The Labute approximate surface area is 197 Å². The molecule has 3 heterocycles. The van der Waals surface area contributed by atoms with Gasteiger partial charge in [-0.05, 0) is 47.5 Å². The molecule has 0 bridgehead atoms. The summed E-state index contributed by atoms with van der Waals surface area (Å²) in [7, 11) is 2.76. The van der Waals surface area contributed by atoms with E-state index in [9.17, 15) is 9.59 Å². The third-order valence-corrected chi connectivity index (χ3v) is 6.30. The number of fused-ring (bicyclic) bond motifs is 3. The fourth-order valence-electron chi connectivity index (χ4n) is 4.40. The lowest BCUT2D eigenvalue weighted by molar-refractivity contribution is -0.906. The number of aromatic nitrogens is 2. The lowest BCUT2D eigenvalue weighted by atomic mass is 10.0. The Bertz CT molecular complexity index is 1300. The average Bonchev–Trinajstić information content (AvgIpc) is 3.18. The van der Waals surface area contributed by atoms with E-state index in [2.05, 4.69) is 52.7 Å². The second-order valence-electron chi connectivity index (χ2n) is 8.19. The van der Waals surface area contributed by atoms with Crippen molar-refractivity contribution in [1.82, 2.24) is 0 Å². The molecule has 0 amide bonds. The number of rotatable bonds is 4. The van der Waals surface area contributed by atoms with Gasteiger partial charge in [-0.15, -0.1) is 9.13 Å². The molecule has 4 aromatic rings. The first-order chi connectivity index (χ1) is 16.5. The van der Waals surface area contributed by atoms with Crippen LogP contribution >= 0.6 is 0 Å². The van der Waals surface area contributed by atoms with Crippen molar-refractivity contribution in [1.29, 1.82) is 0 Å². The van der Waals surface area contributed by atoms with Crippen LogP contribution in [0.4, 0.5) is 0 Å². The third kappa shape index (κ3) is 3.63. The molecular formula is C28H24N2O4+2. The second kappa shape index (κ2) is 8.56. The largest absolute Gasteiger partial charge is 0.465 e. The van der Waals surface area contributed by atoms with E-state index in [-0.39, 0.29) is 18.1 Å². The first-order valence-electron chi connectivity index (χ1n) is 11.0. The molecule has 5 rings (SSSR count). The number of hydrogen-bond donors (Lipinski definition) is 0. The molecule has 0 saturated carbocycles. The summed E-state index contributed by atoms with van der Waals surface area (Å²) in [5, 5.41) is 0. The fourth-order valence-corrected chi connectivity index (χ4v) is 4.40. The van der Waals surface area contributed by atoms with Crippen molar-refractivity contribution in [2.24, 2.45) is 0 Å². The summed E-state index contributed by atoms with van der Waals surface area (Å²) in [5.74, 6) is -0.683. The van der Waals surface area contributed by atoms with E-state index in [4.69, 9.17) is 9.47 Å². The van der Waals surface area contributed by atoms with Crippen molar-refractivity contribution in [2.45, 2.75) is 13.1 Å². The molecule has 0 unspecified atom stereocenters. The number of pyridine rings is 2. The van der Waals surface area contributed by atoms with E-state index in [1.807, 2.05) is 24.3 Å². The Morgan fingerprint density at radius 1 is 0.588 bits per heavy atom. The molecule has 1 aliphatic rings. The van der Waals surface area contributed by atoms with Crippen LogP contribution in [-0.2, 0) is 9.47 Å². The number of carbonyl (C=O) groups excluding carboxylic acids is 2. The van der Waals surface area contributed by atoms with Gasteiger partial charge in [0.15, 0.2) is 12.4 Å². The summed E-state index contributed by atoms with van der Waals surface area (Å²) < 4.78 is 14.1. The maximum Gasteiger partial charge on any atom is 0.350 e. The van der Waals surface area contributed by atoms with E-state index in [0.717, 1.165) is 33.6 Å². The van der Waals surface area contributed by atoms with Gasteiger partial charge in [0.1, 0.15) is 0 Å².